The Hall–Kier alpha value is -0.430. The molecule has 0 fully saturated rings. The molecule has 0 atom stereocenters. The Balaban J connectivity index is 2.58. The van der Waals surface area contributed by atoms with E-state index in [4.69, 9.17) is 0 Å². The van der Waals surface area contributed by atoms with Gasteiger partial charge in [-0.15, -0.1) is 11.8 Å². The van der Waals surface area contributed by atoms with Gasteiger partial charge in [-0.25, -0.2) is 0 Å². The summed E-state index contributed by atoms with van der Waals surface area (Å²) in [6.07, 6.45) is 1.27. The maximum absolute atomic E-state index is 2.30. The van der Waals surface area contributed by atoms with Crippen LogP contribution in [0.4, 0.5) is 0 Å². The molecule has 0 aliphatic rings. The minimum Gasteiger partial charge on any atom is -0.126 e. The third-order valence-corrected chi connectivity index (χ3v) is 3.85. The molecule has 0 spiro atoms. The van der Waals surface area contributed by atoms with Gasteiger partial charge in [0.15, 0.2) is 0 Å². The first-order valence-electron chi connectivity index (χ1n) is 5.59. The zero-order chi connectivity index (χ0) is 11.5. The van der Waals surface area contributed by atoms with Gasteiger partial charge < -0.3 is 0 Å². The summed E-state index contributed by atoms with van der Waals surface area (Å²) in [5, 5.41) is 0. The van der Waals surface area contributed by atoms with E-state index < -0.39 is 0 Å². The number of rotatable bonds is 3. The second-order valence-corrected chi connectivity index (χ2v) is 6.49. The van der Waals surface area contributed by atoms with Gasteiger partial charge in [0.05, 0.1) is 0 Å². The van der Waals surface area contributed by atoms with Crippen LogP contribution in [0.1, 0.15) is 38.3 Å². The van der Waals surface area contributed by atoms with Crippen molar-refractivity contribution in [3.8, 4) is 0 Å². The average molecular weight is 222 g/mol. The molecular weight excluding hydrogens is 200 g/mol. The number of benzene rings is 1. The Morgan fingerprint density at radius 2 is 1.60 bits per heavy atom. The average Bonchev–Trinajstić information content (AvgIpc) is 2.08. The highest BCUT2D eigenvalue weighted by atomic mass is 32.2. The molecule has 0 unspecified atom stereocenters. The van der Waals surface area contributed by atoms with Crippen LogP contribution >= 0.6 is 11.8 Å². The van der Waals surface area contributed by atoms with Crippen LogP contribution in [0.5, 0.6) is 0 Å². The number of hydrogen-bond donors (Lipinski definition) is 0. The topological polar surface area (TPSA) is 0 Å². The van der Waals surface area contributed by atoms with E-state index in [9.17, 15) is 0 Å². The van der Waals surface area contributed by atoms with Crippen LogP contribution in [0.2, 0.25) is 0 Å². The lowest BCUT2D eigenvalue weighted by molar-refractivity contribution is 0.401. The predicted molar refractivity (Wildman–Crippen MR) is 70.7 cm³/mol. The molecule has 0 amide bonds. The van der Waals surface area contributed by atoms with Crippen molar-refractivity contribution in [1.82, 2.24) is 0 Å². The summed E-state index contributed by atoms with van der Waals surface area (Å²) < 4.78 is 0. The SMILES string of the molecule is Cc1cccc(C)c1SCCC(C)(C)C. The standard InChI is InChI=1S/C14H22S/c1-11-7-6-8-12(2)13(11)15-10-9-14(3,4)5/h6-8H,9-10H2,1-5H3. The molecule has 0 heterocycles. The van der Waals surface area contributed by atoms with E-state index in [1.165, 1.54) is 28.2 Å². The Bertz CT molecular complexity index is 300. The molecule has 1 aromatic carbocycles. The van der Waals surface area contributed by atoms with Crippen LogP contribution in [-0.4, -0.2) is 5.75 Å². The van der Waals surface area contributed by atoms with Gasteiger partial charge in [0.2, 0.25) is 0 Å². The van der Waals surface area contributed by atoms with Gasteiger partial charge in [-0.1, -0.05) is 39.0 Å². The molecule has 0 aliphatic carbocycles. The maximum Gasteiger partial charge on any atom is 0.0130 e. The fraction of sp³-hybridized carbons (Fsp3) is 0.571. The van der Waals surface area contributed by atoms with Gasteiger partial charge in [0.25, 0.3) is 0 Å². The van der Waals surface area contributed by atoms with Gasteiger partial charge in [-0.3, -0.25) is 0 Å². The molecule has 1 heteroatoms. The summed E-state index contributed by atoms with van der Waals surface area (Å²) in [6.45, 7) is 11.3. The first-order valence-corrected chi connectivity index (χ1v) is 6.58. The predicted octanol–water partition coefficient (Wildman–Crippen LogP) is 4.83. The summed E-state index contributed by atoms with van der Waals surface area (Å²) in [6, 6.07) is 6.54. The second-order valence-electron chi connectivity index (χ2n) is 5.38. The summed E-state index contributed by atoms with van der Waals surface area (Å²) in [5.41, 5.74) is 3.27. The highest BCUT2D eigenvalue weighted by Gasteiger charge is 2.10. The van der Waals surface area contributed by atoms with E-state index in [0.29, 0.717) is 5.41 Å². The van der Waals surface area contributed by atoms with Crippen molar-refractivity contribution in [2.45, 2.75) is 45.9 Å². The largest absolute Gasteiger partial charge is 0.126 e. The van der Waals surface area contributed by atoms with Crippen molar-refractivity contribution in [1.29, 1.82) is 0 Å². The van der Waals surface area contributed by atoms with Crippen LogP contribution in [-0.2, 0) is 0 Å². The number of thioether (sulfide) groups is 1. The first-order chi connectivity index (χ1) is 6.90. The fourth-order valence-corrected chi connectivity index (χ4v) is 3.00. The molecule has 0 N–H and O–H groups in total. The summed E-state index contributed by atoms with van der Waals surface area (Å²) >= 11 is 2.00. The molecule has 0 saturated heterocycles. The van der Waals surface area contributed by atoms with Gasteiger partial charge in [0.1, 0.15) is 0 Å². The zero-order valence-electron chi connectivity index (χ0n) is 10.6. The third-order valence-electron chi connectivity index (χ3n) is 2.51. The van der Waals surface area contributed by atoms with Crippen LogP contribution in [0, 0.1) is 19.3 Å². The molecule has 0 saturated carbocycles. The lowest BCUT2D eigenvalue weighted by Gasteiger charge is -2.18. The van der Waals surface area contributed by atoms with Crippen molar-refractivity contribution >= 4 is 11.8 Å². The quantitative estimate of drug-likeness (QED) is 0.660. The molecule has 15 heavy (non-hydrogen) atoms. The van der Waals surface area contributed by atoms with E-state index >= 15 is 0 Å². The summed E-state index contributed by atoms with van der Waals surface area (Å²) in [7, 11) is 0. The molecule has 1 rings (SSSR count). The Morgan fingerprint density at radius 3 is 2.07 bits per heavy atom. The second kappa shape index (κ2) is 5.07. The molecule has 0 radical (unpaired) electrons. The van der Waals surface area contributed by atoms with Crippen molar-refractivity contribution in [3.63, 3.8) is 0 Å². The first kappa shape index (κ1) is 12.6. The molecule has 0 aromatic heterocycles. The Labute approximate surface area is 98.5 Å². The summed E-state index contributed by atoms with van der Waals surface area (Å²) in [4.78, 5) is 1.47. The smallest absolute Gasteiger partial charge is 0.0130 e. The monoisotopic (exact) mass is 222 g/mol. The normalized spacial score (nSPS) is 11.8. The lowest BCUT2D eigenvalue weighted by Crippen LogP contribution is -2.05. The minimum absolute atomic E-state index is 0.448. The van der Waals surface area contributed by atoms with Gasteiger partial charge in [-0.05, 0) is 42.6 Å². The highest BCUT2D eigenvalue weighted by Crippen LogP contribution is 2.29. The Kier molecular flexibility index (Phi) is 4.27. The van der Waals surface area contributed by atoms with Gasteiger partial charge in [0, 0.05) is 4.90 Å². The van der Waals surface area contributed by atoms with Gasteiger partial charge in [-0.2, -0.15) is 0 Å². The van der Waals surface area contributed by atoms with Crippen molar-refractivity contribution < 1.29 is 0 Å². The van der Waals surface area contributed by atoms with E-state index in [1.54, 1.807) is 0 Å². The van der Waals surface area contributed by atoms with Crippen LogP contribution in [0.15, 0.2) is 23.1 Å². The lowest BCUT2D eigenvalue weighted by atomic mass is 9.94. The van der Waals surface area contributed by atoms with Crippen molar-refractivity contribution in [3.05, 3.63) is 29.3 Å². The van der Waals surface area contributed by atoms with Crippen LogP contribution < -0.4 is 0 Å². The molecule has 84 valence electrons. The van der Waals surface area contributed by atoms with Gasteiger partial charge >= 0.3 is 0 Å². The molecular formula is C14H22S. The highest BCUT2D eigenvalue weighted by molar-refractivity contribution is 7.99. The minimum atomic E-state index is 0.448. The van der Waals surface area contributed by atoms with E-state index in [2.05, 4.69) is 52.8 Å². The van der Waals surface area contributed by atoms with E-state index in [-0.39, 0.29) is 0 Å². The molecule has 0 aliphatic heterocycles. The van der Waals surface area contributed by atoms with Crippen molar-refractivity contribution in [2.75, 3.05) is 5.75 Å². The van der Waals surface area contributed by atoms with Crippen LogP contribution in [0.25, 0.3) is 0 Å². The number of aryl methyl sites for hydroxylation is 2. The van der Waals surface area contributed by atoms with E-state index in [0.717, 1.165) is 0 Å². The maximum atomic E-state index is 2.30. The molecule has 1 aromatic rings. The fourth-order valence-electron chi connectivity index (χ4n) is 1.49. The van der Waals surface area contributed by atoms with Crippen molar-refractivity contribution in [2.24, 2.45) is 5.41 Å². The van der Waals surface area contributed by atoms with E-state index in [1.807, 2.05) is 11.8 Å². The zero-order valence-corrected chi connectivity index (χ0v) is 11.4. The molecule has 0 nitrogen and oxygen atoms in total. The summed E-state index contributed by atoms with van der Waals surface area (Å²) in [5.74, 6) is 1.22. The molecule has 0 bridgehead atoms. The van der Waals surface area contributed by atoms with Crippen LogP contribution in [0.3, 0.4) is 0 Å². The Morgan fingerprint density at radius 1 is 1.07 bits per heavy atom. The number of hydrogen-bond acceptors (Lipinski definition) is 1. The third kappa shape index (κ3) is 4.29.